The van der Waals surface area contributed by atoms with E-state index in [1.54, 1.807) is 0 Å². The summed E-state index contributed by atoms with van der Waals surface area (Å²) in [7, 11) is 0. The van der Waals surface area contributed by atoms with Crippen molar-refractivity contribution in [2.45, 2.75) is 0 Å². The Morgan fingerprint density at radius 1 is 0.279 bits per heavy atom. The molecular weight excluding hydrogens is 743 g/mol. The summed E-state index contributed by atoms with van der Waals surface area (Å²) < 4.78 is 13.2. The van der Waals surface area contributed by atoms with Crippen molar-refractivity contribution < 1.29 is 8.83 Å². The normalized spacial score (nSPS) is 11.6. The highest BCUT2D eigenvalue weighted by Gasteiger charge is 2.24. The van der Waals surface area contributed by atoms with Gasteiger partial charge in [-0.15, -0.1) is 0 Å². The van der Waals surface area contributed by atoms with E-state index in [4.69, 9.17) is 8.83 Å². The molecule has 10 aromatic carbocycles. The van der Waals surface area contributed by atoms with Crippen LogP contribution in [0.25, 0.3) is 99.2 Å². The van der Waals surface area contributed by atoms with E-state index in [9.17, 15) is 0 Å². The quantitative estimate of drug-likeness (QED) is 0.161. The van der Waals surface area contributed by atoms with Gasteiger partial charge >= 0.3 is 0 Å². The molecule has 0 fully saturated rings. The third-order valence-corrected chi connectivity index (χ3v) is 12.1. The van der Waals surface area contributed by atoms with Crippen LogP contribution in [-0.4, -0.2) is 0 Å². The predicted octanol–water partition coefficient (Wildman–Crippen LogP) is 16.8. The van der Waals surface area contributed by atoms with E-state index < -0.39 is 0 Å². The van der Waals surface area contributed by atoms with Crippen molar-refractivity contribution in [2.75, 3.05) is 4.90 Å². The Kier molecular flexibility index (Phi) is 8.17. The average molecular weight is 780 g/mol. The van der Waals surface area contributed by atoms with Gasteiger partial charge in [0.25, 0.3) is 0 Å². The van der Waals surface area contributed by atoms with Crippen LogP contribution in [0.5, 0.6) is 0 Å². The van der Waals surface area contributed by atoms with Crippen LogP contribution in [0.2, 0.25) is 0 Å². The summed E-state index contributed by atoms with van der Waals surface area (Å²) in [6, 6.07) is 80.0. The van der Waals surface area contributed by atoms with Crippen molar-refractivity contribution in [3.8, 4) is 44.5 Å². The molecule has 3 nitrogen and oxygen atoms in total. The largest absolute Gasteiger partial charge is 0.456 e. The molecule has 0 amide bonds. The SMILES string of the molecule is c1ccc(-c2ccc(-c3ccc4c(oc5ccccc54)c3N(c3ccc(-c4ccc5ccccc5c4)cc3)c3ccc(-c4ccc5c(c4)oc4ccccc45)cc3)cc2)cc1. The van der Waals surface area contributed by atoms with Crippen LogP contribution in [0.4, 0.5) is 17.1 Å². The Labute approximate surface area is 353 Å². The molecule has 2 heterocycles. The molecule has 0 saturated carbocycles. The number of anilines is 3. The first-order valence-electron chi connectivity index (χ1n) is 20.7. The Balaban J connectivity index is 1.04. The average Bonchev–Trinajstić information content (AvgIpc) is 3.91. The number of fused-ring (bicyclic) bond motifs is 7. The highest BCUT2D eigenvalue weighted by molar-refractivity contribution is 6.14. The van der Waals surface area contributed by atoms with Gasteiger partial charge in [-0.1, -0.05) is 164 Å². The minimum atomic E-state index is 0.837. The monoisotopic (exact) mass is 779 g/mol. The molecule has 0 N–H and O–H groups in total. The molecule has 2 aromatic heterocycles. The van der Waals surface area contributed by atoms with Gasteiger partial charge in [-0.25, -0.2) is 0 Å². The number of hydrogen-bond acceptors (Lipinski definition) is 3. The van der Waals surface area contributed by atoms with E-state index >= 15 is 0 Å². The smallest absolute Gasteiger partial charge is 0.160 e. The van der Waals surface area contributed by atoms with E-state index in [1.807, 2.05) is 18.2 Å². The Morgan fingerprint density at radius 2 is 0.754 bits per heavy atom. The maximum atomic E-state index is 6.90. The van der Waals surface area contributed by atoms with Gasteiger partial charge in [0.1, 0.15) is 16.7 Å². The third-order valence-electron chi connectivity index (χ3n) is 12.1. The second kappa shape index (κ2) is 14.3. The highest BCUT2D eigenvalue weighted by atomic mass is 16.3. The Morgan fingerprint density at radius 3 is 1.48 bits per heavy atom. The van der Waals surface area contributed by atoms with Gasteiger partial charge in [-0.05, 0) is 110 Å². The molecule has 0 aliphatic carbocycles. The van der Waals surface area contributed by atoms with Crippen LogP contribution in [-0.2, 0) is 0 Å². The van der Waals surface area contributed by atoms with Gasteiger partial charge in [-0.3, -0.25) is 0 Å². The number of furan rings is 2. The summed E-state index contributed by atoms with van der Waals surface area (Å²) in [4.78, 5) is 2.36. The van der Waals surface area contributed by atoms with Gasteiger partial charge in [0.05, 0.1) is 5.69 Å². The first-order chi connectivity index (χ1) is 30.2. The summed E-state index contributed by atoms with van der Waals surface area (Å²) in [6.07, 6.45) is 0. The second-order valence-electron chi connectivity index (χ2n) is 15.7. The third kappa shape index (κ3) is 6.06. The first-order valence-corrected chi connectivity index (χ1v) is 20.7. The lowest BCUT2D eigenvalue weighted by Crippen LogP contribution is -2.11. The molecule has 61 heavy (non-hydrogen) atoms. The van der Waals surface area contributed by atoms with Crippen LogP contribution in [0, 0.1) is 0 Å². The van der Waals surface area contributed by atoms with Gasteiger partial charge in [-0.2, -0.15) is 0 Å². The van der Waals surface area contributed by atoms with Crippen molar-refractivity contribution in [3.63, 3.8) is 0 Å². The number of hydrogen-bond donors (Lipinski definition) is 0. The molecule has 0 aliphatic rings. The Bertz CT molecular complexity index is 3560. The number of nitrogens with zero attached hydrogens (tertiary/aromatic N) is 1. The van der Waals surface area contributed by atoms with Crippen molar-refractivity contribution >= 4 is 71.7 Å². The molecule has 0 aliphatic heterocycles. The van der Waals surface area contributed by atoms with Crippen LogP contribution in [0.1, 0.15) is 0 Å². The molecule has 0 saturated heterocycles. The predicted molar refractivity (Wildman–Crippen MR) is 255 cm³/mol. The second-order valence-corrected chi connectivity index (χ2v) is 15.7. The number of para-hydroxylation sites is 2. The molecule has 12 rings (SSSR count). The zero-order valence-electron chi connectivity index (χ0n) is 33.1. The van der Waals surface area contributed by atoms with Crippen LogP contribution < -0.4 is 4.90 Å². The Hall–Kier alpha value is -8.14. The van der Waals surface area contributed by atoms with Crippen molar-refractivity contribution in [2.24, 2.45) is 0 Å². The molecule has 0 atom stereocenters. The summed E-state index contributed by atoms with van der Waals surface area (Å²) in [6.45, 7) is 0. The van der Waals surface area contributed by atoms with E-state index in [0.29, 0.717) is 0 Å². The van der Waals surface area contributed by atoms with Crippen molar-refractivity contribution in [3.05, 3.63) is 224 Å². The van der Waals surface area contributed by atoms with Crippen molar-refractivity contribution in [1.82, 2.24) is 0 Å². The summed E-state index contributed by atoms with van der Waals surface area (Å²) in [5.41, 5.74) is 15.6. The topological polar surface area (TPSA) is 29.5 Å². The zero-order chi connectivity index (χ0) is 40.3. The summed E-state index contributed by atoms with van der Waals surface area (Å²) in [5, 5.41) is 6.88. The molecule has 0 unspecified atom stereocenters. The zero-order valence-corrected chi connectivity index (χ0v) is 33.1. The van der Waals surface area contributed by atoms with Crippen molar-refractivity contribution in [1.29, 1.82) is 0 Å². The van der Waals surface area contributed by atoms with Gasteiger partial charge < -0.3 is 13.7 Å². The fourth-order valence-corrected chi connectivity index (χ4v) is 8.99. The standard InChI is InChI=1S/C58H37NO2/c1-2-10-38(11-3-1)40-18-21-43(22-19-40)49-34-35-53-51-15-7-9-17-55(51)61-58(53)57(49)59(47-29-24-41(25-30-47)45-23-20-39-12-4-5-13-44(39)36-45)48-31-26-42(27-32-48)46-28-33-52-50-14-6-8-16-54(50)60-56(52)37-46/h1-37H. The van der Waals surface area contributed by atoms with E-state index in [0.717, 1.165) is 88.8 Å². The fraction of sp³-hybridized carbons (Fsp3) is 0. The van der Waals surface area contributed by atoms with Gasteiger partial charge in [0, 0.05) is 38.5 Å². The highest BCUT2D eigenvalue weighted by Crippen LogP contribution is 2.48. The molecule has 0 radical (unpaired) electrons. The van der Waals surface area contributed by atoms with E-state index in [1.165, 1.54) is 27.5 Å². The lowest BCUT2D eigenvalue weighted by Gasteiger charge is -2.28. The van der Waals surface area contributed by atoms with Crippen LogP contribution in [0.3, 0.4) is 0 Å². The first kappa shape index (κ1) is 34.9. The van der Waals surface area contributed by atoms with Gasteiger partial charge in [0.15, 0.2) is 5.58 Å². The minimum absolute atomic E-state index is 0.837. The summed E-state index contributed by atoms with van der Waals surface area (Å²) >= 11 is 0. The van der Waals surface area contributed by atoms with Crippen LogP contribution in [0.15, 0.2) is 233 Å². The lowest BCUT2D eigenvalue weighted by molar-refractivity contribution is 0.668. The maximum Gasteiger partial charge on any atom is 0.160 e. The molecule has 12 aromatic rings. The number of rotatable bonds is 7. The molecule has 3 heteroatoms. The molecule has 0 bridgehead atoms. The van der Waals surface area contributed by atoms with Crippen LogP contribution >= 0.6 is 0 Å². The van der Waals surface area contributed by atoms with Gasteiger partial charge in [0.2, 0.25) is 0 Å². The fourth-order valence-electron chi connectivity index (χ4n) is 8.99. The minimum Gasteiger partial charge on any atom is -0.456 e. The summed E-state index contributed by atoms with van der Waals surface area (Å²) in [5.74, 6) is 0. The molecule has 286 valence electrons. The molecular formula is C58H37NO2. The number of benzene rings is 10. The molecule has 0 spiro atoms. The maximum absolute atomic E-state index is 6.90. The van der Waals surface area contributed by atoms with E-state index in [-0.39, 0.29) is 0 Å². The lowest BCUT2D eigenvalue weighted by atomic mass is 9.96. The van der Waals surface area contributed by atoms with E-state index in [2.05, 4.69) is 211 Å².